The maximum Gasteiger partial charge on any atom is 0.417 e. The van der Waals surface area contributed by atoms with E-state index in [1.807, 2.05) is 29.2 Å². The molecule has 0 bridgehead atoms. The zero-order valence-electron chi connectivity index (χ0n) is 20.0. The van der Waals surface area contributed by atoms with Gasteiger partial charge in [-0.05, 0) is 69.1 Å². The molecule has 0 atom stereocenters. The second-order valence-electron chi connectivity index (χ2n) is 8.64. The van der Waals surface area contributed by atoms with Crippen LogP contribution in [-0.2, 0) is 11.0 Å². The molecule has 1 aliphatic rings. The second kappa shape index (κ2) is 13.0. The van der Waals surface area contributed by atoms with Gasteiger partial charge < -0.3 is 20.4 Å². The van der Waals surface area contributed by atoms with E-state index in [0.717, 1.165) is 68.4 Å². The van der Waals surface area contributed by atoms with Crippen LogP contribution in [0.1, 0.15) is 38.2 Å². The largest absolute Gasteiger partial charge is 0.417 e. The Morgan fingerprint density at radius 3 is 2.46 bits per heavy atom. The molecule has 2 N–H and O–H groups in total. The number of hydrogen-bond donors (Lipinski definition) is 2. The first-order valence-corrected chi connectivity index (χ1v) is 12.4. The third-order valence-corrected chi connectivity index (χ3v) is 6.40. The number of carbonyl (C=O) groups excluding carboxylic acids is 1. The lowest BCUT2D eigenvalue weighted by atomic mass is 10.0. The summed E-state index contributed by atoms with van der Waals surface area (Å²) in [7, 11) is 0. The molecule has 6 nitrogen and oxygen atoms in total. The lowest BCUT2D eigenvalue weighted by Gasteiger charge is -2.33. The average molecular weight is 512 g/mol. The molecule has 2 aromatic rings. The predicted octanol–water partition coefficient (Wildman–Crippen LogP) is 4.74. The Bertz CT molecular complexity index is 916. The highest BCUT2D eigenvalue weighted by atomic mass is 35.5. The molecule has 0 saturated carbocycles. The van der Waals surface area contributed by atoms with Gasteiger partial charge in [0.15, 0.2) is 0 Å². The Morgan fingerprint density at radius 2 is 1.86 bits per heavy atom. The summed E-state index contributed by atoms with van der Waals surface area (Å²) < 4.78 is 38.1. The highest BCUT2D eigenvalue weighted by Crippen LogP contribution is 2.29. The number of hydrogen-bond acceptors (Lipinski definition) is 5. The monoisotopic (exact) mass is 511 g/mol. The number of benzene rings is 1. The van der Waals surface area contributed by atoms with Crippen molar-refractivity contribution in [3.8, 4) is 0 Å². The van der Waals surface area contributed by atoms with Crippen LogP contribution in [0.4, 0.5) is 24.7 Å². The molecular weight excluding hydrogens is 479 g/mol. The van der Waals surface area contributed by atoms with E-state index in [-0.39, 0.29) is 11.9 Å². The summed E-state index contributed by atoms with van der Waals surface area (Å²) in [6.45, 7) is 6.77. The van der Waals surface area contributed by atoms with E-state index < -0.39 is 11.7 Å². The molecule has 3 rings (SSSR count). The lowest BCUT2D eigenvalue weighted by Crippen LogP contribution is -2.45. The van der Waals surface area contributed by atoms with Crippen molar-refractivity contribution in [1.82, 2.24) is 15.6 Å². The van der Waals surface area contributed by atoms with Crippen LogP contribution in [0.5, 0.6) is 0 Å². The summed E-state index contributed by atoms with van der Waals surface area (Å²) in [4.78, 5) is 20.5. The van der Waals surface area contributed by atoms with E-state index in [9.17, 15) is 18.0 Å². The van der Waals surface area contributed by atoms with Gasteiger partial charge in [-0.15, -0.1) is 0 Å². The number of carbonyl (C=O) groups is 1. The maximum atomic E-state index is 12.7. The molecule has 2 heterocycles. The minimum absolute atomic E-state index is 0.0363. The first-order valence-electron chi connectivity index (χ1n) is 12.0. The number of piperidine rings is 1. The highest BCUT2D eigenvalue weighted by molar-refractivity contribution is 6.30. The number of nitrogens with one attached hydrogen (secondary N) is 2. The molecule has 1 fully saturated rings. The zero-order chi connectivity index (χ0) is 25.3. The molecule has 1 amide bonds. The Hall–Kier alpha value is -2.52. The summed E-state index contributed by atoms with van der Waals surface area (Å²) in [5.41, 5.74) is 0.389. The first kappa shape index (κ1) is 27.1. The molecule has 35 heavy (non-hydrogen) atoms. The van der Waals surface area contributed by atoms with Crippen molar-refractivity contribution in [2.45, 2.75) is 44.8 Å². The van der Waals surface area contributed by atoms with Crippen LogP contribution >= 0.6 is 11.6 Å². The molecule has 1 saturated heterocycles. The van der Waals surface area contributed by atoms with Crippen molar-refractivity contribution in [3.63, 3.8) is 0 Å². The number of halogens is 4. The quantitative estimate of drug-likeness (QED) is 0.427. The highest BCUT2D eigenvalue weighted by Gasteiger charge is 2.31. The van der Waals surface area contributed by atoms with Gasteiger partial charge in [0, 0.05) is 62.1 Å². The van der Waals surface area contributed by atoms with Gasteiger partial charge in [0.1, 0.15) is 5.82 Å². The van der Waals surface area contributed by atoms with Gasteiger partial charge in [0.25, 0.3) is 0 Å². The van der Waals surface area contributed by atoms with Gasteiger partial charge in [0.2, 0.25) is 5.91 Å². The average Bonchev–Trinajstić information content (AvgIpc) is 2.84. The predicted molar refractivity (Wildman–Crippen MR) is 134 cm³/mol. The van der Waals surface area contributed by atoms with Gasteiger partial charge in [-0.2, -0.15) is 13.2 Å². The molecule has 192 valence electrons. The SMILES string of the molecule is CCN(CCNCCCC(=O)NC1CCN(c2ccc(C(F)(F)F)cn2)CC1)c1ccc(Cl)cc1. The normalized spacial score (nSPS) is 14.7. The maximum absolute atomic E-state index is 12.7. The fourth-order valence-electron chi connectivity index (χ4n) is 4.13. The molecule has 0 aliphatic carbocycles. The molecule has 1 aromatic heterocycles. The summed E-state index contributed by atoms with van der Waals surface area (Å²) in [5, 5.41) is 7.20. The topological polar surface area (TPSA) is 60.5 Å². The standard InChI is InChI=1S/C25H33ClF3N5O/c1-2-33(22-8-6-20(26)7-9-22)17-14-30-13-3-4-24(35)32-21-11-15-34(16-12-21)23-10-5-19(18-31-23)25(27,28)29/h5-10,18,21,30H,2-4,11-17H2,1H3,(H,32,35). The second-order valence-corrected chi connectivity index (χ2v) is 9.08. The minimum Gasteiger partial charge on any atom is -0.371 e. The number of likely N-dealkylation sites (N-methyl/N-ethyl adjacent to an activating group) is 1. The number of alkyl halides is 3. The molecule has 1 aromatic carbocycles. The van der Waals surface area contributed by atoms with Gasteiger partial charge in [0.05, 0.1) is 5.56 Å². The van der Waals surface area contributed by atoms with Crippen molar-refractivity contribution in [2.24, 2.45) is 0 Å². The zero-order valence-corrected chi connectivity index (χ0v) is 20.7. The van der Waals surface area contributed by atoms with Crippen molar-refractivity contribution < 1.29 is 18.0 Å². The van der Waals surface area contributed by atoms with Gasteiger partial charge in [-0.1, -0.05) is 11.6 Å². The van der Waals surface area contributed by atoms with Gasteiger partial charge in [-0.3, -0.25) is 4.79 Å². The number of nitrogens with zero attached hydrogens (tertiary/aromatic N) is 3. The fraction of sp³-hybridized carbons (Fsp3) is 0.520. The van der Waals surface area contributed by atoms with Crippen LogP contribution in [0, 0.1) is 0 Å². The van der Waals surface area contributed by atoms with Crippen LogP contribution in [-0.4, -0.2) is 56.2 Å². The van der Waals surface area contributed by atoms with Crippen LogP contribution in [0.15, 0.2) is 42.6 Å². The third kappa shape index (κ3) is 8.58. The van der Waals surface area contributed by atoms with Crippen molar-refractivity contribution in [2.75, 3.05) is 49.1 Å². The van der Waals surface area contributed by atoms with Crippen LogP contribution < -0.4 is 20.4 Å². The van der Waals surface area contributed by atoms with Gasteiger partial charge in [-0.25, -0.2) is 4.98 Å². The summed E-state index contributed by atoms with van der Waals surface area (Å²) >= 11 is 5.96. The van der Waals surface area contributed by atoms with Crippen molar-refractivity contribution in [1.29, 1.82) is 0 Å². The number of rotatable bonds is 11. The summed E-state index contributed by atoms with van der Waals surface area (Å²) in [6, 6.07) is 10.4. The first-order chi connectivity index (χ1) is 16.8. The van der Waals surface area contributed by atoms with Crippen LogP contribution in [0.2, 0.25) is 5.02 Å². The smallest absolute Gasteiger partial charge is 0.371 e. The Morgan fingerprint density at radius 1 is 1.14 bits per heavy atom. The number of pyridine rings is 1. The summed E-state index contributed by atoms with van der Waals surface area (Å²) in [5.74, 6) is 0.570. The van der Waals surface area contributed by atoms with Crippen molar-refractivity contribution in [3.05, 3.63) is 53.2 Å². The van der Waals surface area contributed by atoms with Gasteiger partial charge >= 0.3 is 6.18 Å². The van der Waals surface area contributed by atoms with Crippen LogP contribution in [0.3, 0.4) is 0 Å². The third-order valence-electron chi connectivity index (χ3n) is 6.15. The molecule has 0 radical (unpaired) electrons. The van der Waals surface area contributed by atoms with E-state index in [1.54, 1.807) is 0 Å². The summed E-state index contributed by atoms with van der Waals surface area (Å²) in [6.07, 6.45) is -0.815. The molecule has 10 heteroatoms. The molecule has 0 unspecified atom stereocenters. The van der Waals surface area contributed by atoms with E-state index in [2.05, 4.69) is 27.4 Å². The van der Waals surface area contributed by atoms with E-state index in [1.165, 1.54) is 6.07 Å². The number of amides is 1. The fourth-order valence-corrected chi connectivity index (χ4v) is 4.25. The lowest BCUT2D eigenvalue weighted by molar-refractivity contribution is -0.137. The Kier molecular flexibility index (Phi) is 10.0. The van der Waals surface area contributed by atoms with E-state index in [4.69, 9.17) is 11.6 Å². The Labute approximate surface area is 209 Å². The van der Waals surface area contributed by atoms with E-state index in [0.29, 0.717) is 25.3 Å². The van der Waals surface area contributed by atoms with E-state index >= 15 is 0 Å². The Balaban J connectivity index is 1.28. The number of anilines is 2. The van der Waals surface area contributed by atoms with Crippen LogP contribution in [0.25, 0.3) is 0 Å². The molecule has 0 spiro atoms. The minimum atomic E-state index is -4.38. The number of aromatic nitrogens is 1. The molecule has 1 aliphatic heterocycles. The molecular formula is C25H33ClF3N5O. The van der Waals surface area contributed by atoms with Crippen molar-refractivity contribution >= 4 is 29.0 Å².